The Hall–Kier alpha value is -4.16. The van der Waals surface area contributed by atoms with Crippen LogP contribution in [0.3, 0.4) is 0 Å². The average molecular weight is 537 g/mol. The Bertz CT molecular complexity index is 1330. The molecule has 8 nitrogen and oxygen atoms in total. The van der Waals surface area contributed by atoms with E-state index in [2.05, 4.69) is 22.0 Å². The maximum atomic E-state index is 12.3. The Balaban J connectivity index is 1.59. The molecule has 0 fully saturated rings. The Morgan fingerprint density at radius 1 is 1.00 bits per heavy atom. The third-order valence-electron chi connectivity index (χ3n) is 5.34. The number of nitrogens with two attached hydrogens (primary N) is 1. The monoisotopic (exact) mass is 536 g/mol. The summed E-state index contributed by atoms with van der Waals surface area (Å²) in [6, 6.07) is 19.5. The van der Waals surface area contributed by atoms with E-state index < -0.39 is 11.9 Å². The number of hydrogen-bond acceptors (Lipinski definition) is 8. The molecule has 3 aromatic carbocycles. The van der Waals surface area contributed by atoms with Gasteiger partial charge in [-0.1, -0.05) is 28.1 Å². The summed E-state index contributed by atoms with van der Waals surface area (Å²) in [6.45, 7) is -0.272. The van der Waals surface area contributed by atoms with Crippen molar-refractivity contribution >= 4 is 21.9 Å². The van der Waals surface area contributed by atoms with Gasteiger partial charge >= 0.3 is 5.97 Å². The number of nitriles is 1. The molecule has 0 bridgehead atoms. The minimum atomic E-state index is -0.585. The number of methoxy groups -OCH3 is 2. The van der Waals surface area contributed by atoms with Gasteiger partial charge in [-0.3, -0.25) is 0 Å². The zero-order valence-corrected chi connectivity index (χ0v) is 20.5. The van der Waals surface area contributed by atoms with Crippen LogP contribution in [0.15, 0.2) is 76.6 Å². The highest BCUT2D eigenvalue weighted by Gasteiger charge is 2.33. The maximum Gasteiger partial charge on any atom is 0.349 e. The topological polar surface area (TPSA) is 113 Å². The molecule has 1 unspecified atom stereocenters. The molecule has 9 heteroatoms. The predicted molar refractivity (Wildman–Crippen MR) is 131 cm³/mol. The molecule has 0 aromatic heterocycles. The van der Waals surface area contributed by atoms with Crippen LogP contribution in [-0.4, -0.2) is 26.8 Å². The van der Waals surface area contributed by atoms with Crippen molar-refractivity contribution in [3.63, 3.8) is 0 Å². The van der Waals surface area contributed by atoms with E-state index in [1.165, 1.54) is 7.11 Å². The first-order valence-electron chi connectivity index (χ1n) is 10.5. The van der Waals surface area contributed by atoms with Crippen LogP contribution in [-0.2, 0) is 4.79 Å². The van der Waals surface area contributed by atoms with Gasteiger partial charge in [0.05, 0.1) is 20.1 Å². The van der Waals surface area contributed by atoms with Gasteiger partial charge in [0, 0.05) is 27.7 Å². The largest absolute Gasteiger partial charge is 0.497 e. The average Bonchev–Trinajstić information content (AvgIpc) is 2.87. The molecular weight excluding hydrogens is 516 g/mol. The standard InChI is InChI=1S/C26H21BrN2O6/c1-31-17-7-9-19(22(11-17)32-2)25-20-10-8-18(12-23(20)35-26(29)21(25)13-28)34-24(30)14-33-16-5-3-15(27)4-6-16/h3-12,25H,14,29H2,1-2H3. The van der Waals surface area contributed by atoms with Gasteiger partial charge in [0.25, 0.3) is 0 Å². The number of esters is 1. The van der Waals surface area contributed by atoms with Gasteiger partial charge in [0.1, 0.15) is 40.4 Å². The molecule has 0 amide bonds. The highest BCUT2D eigenvalue weighted by molar-refractivity contribution is 9.10. The summed E-state index contributed by atoms with van der Waals surface area (Å²) in [7, 11) is 3.10. The summed E-state index contributed by atoms with van der Waals surface area (Å²) in [5.74, 6) is 1.13. The second-order valence-electron chi connectivity index (χ2n) is 7.45. The number of carbonyl (C=O) groups excluding carboxylic acids is 1. The Kier molecular flexibility index (Phi) is 7.13. The molecule has 1 atom stereocenters. The number of nitrogens with zero attached hydrogens (tertiary/aromatic N) is 1. The van der Waals surface area contributed by atoms with Crippen LogP contribution in [0.2, 0.25) is 0 Å². The lowest BCUT2D eigenvalue weighted by atomic mass is 9.83. The molecule has 1 heterocycles. The van der Waals surface area contributed by atoms with E-state index in [9.17, 15) is 10.1 Å². The van der Waals surface area contributed by atoms with Crippen molar-refractivity contribution in [2.45, 2.75) is 5.92 Å². The number of benzene rings is 3. The van der Waals surface area contributed by atoms with Gasteiger partial charge < -0.3 is 29.4 Å². The zero-order chi connectivity index (χ0) is 24.9. The maximum absolute atomic E-state index is 12.3. The second kappa shape index (κ2) is 10.4. The fourth-order valence-corrected chi connectivity index (χ4v) is 3.97. The third kappa shape index (κ3) is 5.18. The fourth-order valence-electron chi connectivity index (χ4n) is 3.71. The molecular formula is C26H21BrN2O6. The highest BCUT2D eigenvalue weighted by Crippen LogP contribution is 2.46. The van der Waals surface area contributed by atoms with E-state index in [1.54, 1.807) is 49.6 Å². The zero-order valence-electron chi connectivity index (χ0n) is 18.9. The van der Waals surface area contributed by atoms with E-state index in [4.69, 9.17) is 29.4 Å². The van der Waals surface area contributed by atoms with Crippen LogP contribution in [0.25, 0.3) is 0 Å². The molecule has 178 valence electrons. The summed E-state index contributed by atoms with van der Waals surface area (Å²) in [5.41, 5.74) is 7.72. The lowest BCUT2D eigenvalue weighted by molar-refractivity contribution is -0.136. The summed E-state index contributed by atoms with van der Waals surface area (Å²) in [6.07, 6.45) is 0. The molecule has 1 aliphatic heterocycles. The third-order valence-corrected chi connectivity index (χ3v) is 5.87. The number of carbonyl (C=O) groups is 1. The first kappa shape index (κ1) is 24.0. The lowest BCUT2D eigenvalue weighted by Crippen LogP contribution is -2.22. The van der Waals surface area contributed by atoms with Crippen LogP contribution in [0.5, 0.6) is 28.7 Å². The molecule has 3 aromatic rings. The number of hydrogen-bond donors (Lipinski definition) is 1. The molecule has 35 heavy (non-hydrogen) atoms. The smallest absolute Gasteiger partial charge is 0.349 e. The van der Waals surface area contributed by atoms with E-state index in [1.807, 2.05) is 18.2 Å². The van der Waals surface area contributed by atoms with Crippen molar-refractivity contribution in [3.05, 3.63) is 87.7 Å². The second-order valence-corrected chi connectivity index (χ2v) is 8.36. The number of ether oxygens (including phenoxy) is 5. The van der Waals surface area contributed by atoms with Crippen molar-refractivity contribution < 1.29 is 28.5 Å². The molecule has 0 spiro atoms. The van der Waals surface area contributed by atoms with Crippen molar-refractivity contribution in [1.29, 1.82) is 5.26 Å². The van der Waals surface area contributed by atoms with Gasteiger partial charge in [-0.25, -0.2) is 4.79 Å². The Morgan fingerprint density at radius 2 is 1.69 bits per heavy atom. The molecule has 0 saturated carbocycles. The van der Waals surface area contributed by atoms with Crippen molar-refractivity contribution in [2.75, 3.05) is 20.8 Å². The SMILES string of the molecule is COc1ccc(C2C(C#N)=C(N)Oc3cc(OC(=O)COc4ccc(Br)cc4)ccc32)c(OC)c1. The first-order chi connectivity index (χ1) is 16.9. The van der Waals surface area contributed by atoms with Crippen molar-refractivity contribution in [3.8, 4) is 34.8 Å². The summed E-state index contributed by atoms with van der Waals surface area (Å²) >= 11 is 3.34. The van der Waals surface area contributed by atoms with Crippen LogP contribution >= 0.6 is 15.9 Å². The van der Waals surface area contributed by atoms with Gasteiger partial charge in [0.15, 0.2) is 6.61 Å². The van der Waals surface area contributed by atoms with Gasteiger partial charge in [-0.2, -0.15) is 5.26 Å². The van der Waals surface area contributed by atoms with E-state index in [0.29, 0.717) is 34.1 Å². The number of fused-ring (bicyclic) bond motifs is 1. The van der Waals surface area contributed by atoms with E-state index in [0.717, 1.165) is 4.47 Å². The van der Waals surface area contributed by atoms with Gasteiger partial charge in [0.2, 0.25) is 5.88 Å². The van der Waals surface area contributed by atoms with Crippen LogP contribution < -0.4 is 29.4 Å². The molecule has 0 saturated heterocycles. The van der Waals surface area contributed by atoms with Crippen LogP contribution in [0, 0.1) is 11.3 Å². The minimum Gasteiger partial charge on any atom is -0.497 e. The van der Waals surface area contributed by atoms with Gasteiger partial charge in [-0.05, 0) is 36.4 Å². The number of rotatable bonds is 7. The summed E-state index contributed by atoms with van der Waals surface area (Å²) < 4.78 is 28.3. The van der Waals surface area contributed by atoms with E-state index in [-0.39, 0.29) is 23.8 Å². The van der Waals surface area contributed by atoms with Crippen molar-refractivity contribution in [2.24, 2.45) is 5.73 Å². The molecule has 4 rings (SSSR count). The number of allylic oxidation sites excluding steroid dienone is 1. The first-order valence-corrected chi connectivity index (χ1v) is 11.2. The summed E-state index contributed by atoms with van der Waals surface area (Å²) in [4.78, 5) is 12.3. The molecule has 2 N–H and O–H groups in total. The molecule has 0 radical (unpaired) electrons. The summed E-state index contributed by atoms with van der Waals surface area (Å²) in [5, 5.41) is 9.81. The van der Waals surface area contributed by atoms with Gasteiger partial charge in [-0.15, -0.1) is 0 Å². The van der Waals surface area contributed by atoms with Crippen LogP contribution in [0.4, 0.5) is 0 Å². The Morgan fingerprint density at radius 3 is 2.37 bits per heavy atom. The molecule has 1 aliphatic rings. The normalized spacial score (nSPS) is 14.3. The molecule has 0 aliphatic carbocycles. The van der Waals surface area contributed by atoms with E-state index >= 15 is 0 Å². The fraction of sp³-hybridized carbons (Fsp3) is 0.154. The predicted octanol–water partition coefficient (Wildman–Crippen LogP) is 4.67. The quantitative estimate of drug-likeness (QED) is 0.342. The van der Waals surface area contributed by atoms with Crippen LogP contribution in [0.1, 0.15) is 17.0 Å². The lowest BCUT2D eigenvalue weighted by Gasteiger charge is -2.27. The number of halogens is 1. The van der Waals surface area contributed by atoms with Crippen molar-refractivity contribution in [1.82, 2.24) is 0 Å². The highest BCUT2D eigenvalue weighted by atomic mass is 79.9. The Labute approximate surface area is 210 Å². The minimum absolute atomic E-state index is 0.0371.